The van der Waals surface area contributed by atoms with Gasteiger partial charge in [0.2, 0.25) is 0 Å². The average molecular weight is 375 g/mol. The summed E-state index contributed by atoms with van der Waals surface area (Å²) in [5.74, 6) is 1.71. The van der Waals surface area contributed by atoms with Crippen molar-refractivity contribution in [3.8, 4) is 0 Å². The number of aryl methyl sites for hydroxylation is 1. The van der Waals surface area contributed by atoms with Gasteiger partial charge in [-0.05, 0) is 67.4 Å². The number of methoxy groups -OCH3 is 1. The highest BCUT2D eigenvalue weighted by molar-refractivity contribution is 7.10. The van der Waals surface area contributed by atoms with Gasteiger partial charge in [-0.15, -0.1) is 11.3 Å². The van der Waals surface area contributed by atoms with Crippen LogP contribution in [0, 0.1) is 18.3 Å². The quantitative estimate of drug-likeness (QED) is 0.764. The van der Waals surface area contributed by atoms with Crippen molar-refractivity contribution in [2.75, 3.05) is 39.9 Å². The molecule has 4 heterocycles. The first-order valence-electron chi connectivity index (χ1n) is 9.67. The molecule has 2 aromatic heterocycles. The van der Waals surface area contributed by atoms with E-state index in [0.717, 1.165) is 32.0 Å². The maximum Gasteiger partial charge on any atom is 0.117 e. The molecule has 2 fully saturated rings. The topological polar surface area (TPSA) is 28.9 Å². The molecule has 5 heteroatoms. The minimum Gasteiger partial charge on any atom is -0.468 e. The normalized spacial score (nSPS) is 23.8. The minimum atomic E-state index is 0.406. The number of thiophene rings is 1. The van der Waals surface area contributed by atoms with Gasteiger partial charge in [0, 0.05) is 37.5 Å². The average Bonchev–Trinajstić information content (AvgIpc) is 3.35. The van der Waals surface area contributed by atoms with Crippen LogP contribution in [-0.4, -0.2) is 49.7 Å². The fourth-order valence-corrected chi connectivity index (χ4v) is 5.76. The zero-order chi connectivity index (χ0) is 18.0. The van der Waals surface area contributed by atoms with Gasteiger partial charge in [0.1, 0.15) is 5.76 Å². The van der Waals surface area contributed by atoms with Gasteiger partial charge in [0.05, 0.1) is 19.4 Å². The van der Waals surface area contributed by atoms with Crippen LogP contribution in [-0.2, 0) is 17.8 Å². The molecule has 0 amide bonds. The van der Waals surface area contributed by atoms with E-state index in [-0.39, 0.29) is 0 Å². The third-order valence-corrected chi connectivity index (χ3v) is 7.41. The van der Waals surface area contributed by atoms with E-state index in [9.17, 15) is 0 Å². The Labute approximate surface area is 160 Å². The summed E-state index contributed by atoms with van der Waals surface area (Å²) in [5.41, 5.74) is 1.85. The Morgan fingerprint density at radius 3 is 2.73 bits per heavy atom. The lowest BCUT2D eigenvalue weighted by molar-refractivity contribution is 0.0352. The van der Waals surface area contributed by atoms with Gasteiger partial charge in [0.25, 0.3) is 0 Å². The molecule has 2 aliphatic rings. The van der Waals surface area contributed by atoms with Crippen molar-refractivity contribution in [3.05, 3.63) is 46.0 Å². The van der Waals surface area contributed by atoms with Crippen molar-refractivity contribution < 1.29 is 9.15 Å². The predicted molar refractivity (Wildman–Crippen MR) is 105 cm³/mol. The van der Waals surface area contributed by atoms with E-state index in [1.54, 1.807) is 6.26 Å². The second-order valence-corrected chi connectivity index (χ2v) is 9.07. The Morgan fingerprint density at radius 2 is 2.08 bits per heavy atom. The monoisotopic (exact) mass is 374 g/mol. The van der Waals surface area contributed by atoms with Crippen LogP contribution in [0.5, 0.6) is 0 Å². The molecule has 0 aliphatic carbocycles. The van der Waals surface area contributed by atoms with Crippen LogP contribution in [0.1, 0.15) is 29.0 Å². The smallest absolute Gasteiger partial charge is 0.117 e. The first kappa shape index (κ1) is 18.2. The van der Waals surface area contributed by atoms with Crippen LogP contribution in [0.4, 0.5) is 0 Å². The van der Waals surface area contributed by atoms with Gasteiger partial charge in [-0.25, -0.2) is 0 Å². The Kier molecular flexibility index (Phi) is 5.50. The first-order chi connectivity index (χ1) is 12.7. The van der Waals surface area contributed by atoms with Crippen molar-refractivity contribution in [1.82, 2.24) is 9.80 Å². The summed E-state index contributed by atoms with van der Waals surface area (Å²) in [5, 5.41) is 2.22. The lowest BCUT2D eigenvalue weighted by Crippen LogP contribution is -2.44. The van der Waals surface area contributed by atoms with E-state index in [4.69, 9.17) is 9.15 Å². The van der Waals surface area contributed by atoms with Gasteiger partial charge >= 0.3 is 0 Å². The summed E-state index contributed by atoms with van der Waals surface area (Å²) in [4.78, 5) is 6.74. The van der Waals surface area contributed by atoms with E-state index in [2.05, 4.69) is 34.2 Å². The van der Waals surface area contributed by atoms with Gasteiger partial charge in [0.15, 0.2) is 0 Å². The molecule has 2 aromatic rings. The van der Waals surface area contributed by atoms with Gasteiger partial charge in [-0.1, -0.05) is 0 Å². The van der Waals surface area contributed by atoms with Crippen LogP contribution >= 0.6 is 11.3 Å². The highest BCUT2D eigenvalue weighted by atomic mass is 32.1. The summed E-state index contributed by atoms with van der Waals surface area (Å²) in [6, 6.07) is 6.31. The number of furan rings is 1. The molecule has 4 rings (SSSR count). The van der Waals surface area contributed by atoms with E-state index in [0.29, 0.717) is 11.3 Å². The van der Waals surface area contributed by atoms with E-state index in [1.165, 1.54) is 42.9 Å². The number of piperidine rings is 1. The molecule has 0 radical (unpaired) electrons. The maximum atomic E-state index is 5.60. The van der Waals surface area contributed by atoms with E-state index < -0.39 is 0 Å². The number of hydrogen-bond donors (Lipinski definition) is 0. The first-order valence-corrected chi connectivity index (χ1v) is 10.6. The maximum absolute atomic E-state index is 5.60. The lowest BCUT2D eigenvalue weighted by Gasteiger charge is -2.42. The third-order valence-electron chi connectivity index (χ3n) is 6.40. The van der Waals surface area contributed by atoms with Gasteiger partial charge in [-0.2, -0.15) is 0 Å². The third kappa shape index (κ3) is 3.77. The Balaban J connectivity index is 1.39. The van der Waals surface area contributed by atoms with Crippen molar-refractivity contribution in [2.45, 2.75) is 32.9 Å². The number of likely N-dealkylation sites (tertiary alicyclic amines) is 2. The summed E-state index contributed by atoms with van der Waals surface area (Å²) in [7, 11) is 1.84. The number of hydrogen-bond acceptors (Lipinski definition) is 5. The van der Waals surface area contributed by atoms with Crippen molar-refractivity contribution >= 4 is 11.3 Å². The highest BCUT2D eigenvalue weighted by Gasteiger charge is 2.47. The van der Waals surface area contributed by atoms with Crippen molar-refractivity contribution in [3.63, 3.8) is 0 Å². The molecule has 1 atom stereocenters. The summed E-state index contributed by atoms with van der Waals surface area (Å²) in [6.07, 6.45) is 4.33. The fraction of sp³-hybridized carbons (Fsp3) is 0.619. The second kappa shape index (κ2) is 7.85. The molecule has 2 saturated heterocycles. The van der Waals surface area contributed by atoms with Crippen LogP contribution < -0.4 is 0 Å². The zero-order valence-electron chi connectivity index (χ0n) is 15.9. The SMILES string of the molecule is COC[C@H]1CN(Cc2ccco2)CC12CCN(Cc1sccc1C)CC2. The van der Waals surface area contributed by atoms with Crippen molar-refractivity contribution in [1.29, 1.82) is 0 Å². The Bertz CT molecular complexity index is 689. The summed E-state index contributed by atoms with van der Waals surface area (Å²) < 4.78 is 11.2. The molecule has 4 nitrogen and oxygen atoms in total. The standard InChI is InChI=1S/C21H30N2O2S/c1-17-5-11-26-20(17)14-22-8-6-21(7-9-22)16-23(12-18(21)15-24-2)13-19-4-3-10-25-19/h3-5,10-11,18H,6-9,12-16H2,1-2H3/t18-/m1/s1. The molecule has 0 saturated carbocycles. The van der Waals surface area contributed by atoms with Crippen LogP contribution in [0.2, 0.25) is 0 Å². The number of rotatable bonds is 6. The number of nitrogens with zero attached hydrogens (tertiary/aromatic N) is 2. The molecule has 142 valence electrons. The van der Waals surface area contributed by atoms with Gasteiger partial charge < -0.3 is 9.15 Å². The molecule has 0 bridgehead atoms. The van der Waals surface area contributed by atoms with Crippen LogP contribution in [0.15, 0.2) is 34.3 Å². The minimum absolute atomic E-state index is 0.406. The molecule has 26 heavy (non-hydrogen) atoms. The van der Waals surface area contributed by atoms with Crippen molar-refractivity contribution in [2.24, 2.45) is 11.3 Å². The van der Waals surface area contributed by atoms with Crippen LogP contribution in [0.3, 0.4) is 0 Å². The second-order valence-electron chi connectivity index (χ2n) is 8.07. The molecule has 1 spiro atoms. The lowest BCUT2D eigenvalue weighted by atomic mass is 9.71. The zero-order valence-corrected chi connectivity index (χ0v) is 16.8. The molecule has 0 unspecified atom stereocenters. The van der Waals surface area contributed by atoms with E-state index in [1.807, 2.05) is 24.5 Å². The predicted octanol–water partition coefficient (Wildman–Crippen LogP) is 4.01. The molecule has 2 aliphatic heterocycles. The van der Waals surface area contributed by atoms with Crippen LogP contribution in [0.25, 0.3) is 0 Å². The Hall–Kier alpha value is -1.14. The largest absolute Gasteiger partial charge is 0.468 e. The molecule has 0 aromatic carbocycles. The summed E-state index contributed by atoms with van der Waals surface area (Å²) >= 11 is 1.90. The highest BCUT2D eigenvalue weighted by Crippen LogP contribution is 2.45. The van der Waals surface area contributed by atoms with Gasteiger partial charge in [-0.3, -0.25) is 9.80 Å². The Morgan fingerprint density at radius 1 is 1.23 bits per heavy atom. The summed E-state index contributed by atoms with van der Waals surface area (Å²) in [6.45, 7) is 9.84. The fourth-order valence-electron chi connectivity index (χ4n) is 4.81. The molecular formula is C21H30N2O2S. The molecular weight excluding hydrogens is 344 g/mol. The molecule has 0 N–H and O–H groups in total. The van der Waals surface area contributed by atoms with E-state index >= 15 is 0 Å². The number of ether oxygens (including phenoxy) is 1.